The van der Waals surface area contributed by atoms with Crippen LogP contribution in [0.4, 0.5) is 0 Å². The number of aliphatic carboxylic acids is 1. The second-order valence-corrected chi connectivity index (χ2v) is 2.73. The van der Waals surface area contributed by atoms with Crippen LogP contribution in [0.15, 0.2) is 10.7 Å². The van der Waals surface area contributed by atoms with E-state index in [1.165, 1.54) is 6.20 Å². The number of hydrogen-bond donors (Lipinski definition) is 3. The van der Waals surface area contributed by atoms with Gasteiger partial charge in [0.2, 0.25) is 0 Å². The first-order valence-electron chi connectivity index (χ1n) is 2.72. The summed E-state index contributed by atoms with van der Waals surface area (Å²) >= 11 is 3.02. The predicted octanol–water partition coefficient (Wildman–Crippen LogP) is 0.290. The Morgan fingerprint density at radius 2 is 2.45 bits per heavy atom. The molecule has 0 spiro atoms. The first-order valence-corrected chi connectivity index (χ1v) is 3.52. The van der Waals surface area contributed by atoms with Crippen LogP contribution in [0.3, 0.4) is 0 Å². The van der Waals surface area contributed by atoms with Gasteiger partial charge in [-0.2, -0.15) is 5.10 Å². The maximum Gasteiger partial charge on any atom is 0.338 e. The normalized spacial score (nSPS) is 12.9. The van der Waals surface area contributed by atoms with Gasteiger partial charge in [-0.1, -0.05) is 0 Å². The van der Waals surface area contributed by atoms with E-state index in [4.69, 9.17) is 10.2 Å². The zero-order valence-electron chi connectivity index (χ0n) is 5.28. The highest BCUT2D eigenvalue weighted by atomic mass is 79.9. The Hall–Kier alpha value is -0.880. The molecule has 60 valence electrons. The van der Waals surface area contributed by atoms with Crippen molar-refractivity contribution >= 4 is 21.9 Å². The van der Waals surface area contributed by atoms with Crippen molar-refractivity contribution in [3.63, 3.8) is 0 Å². The van der Waals surface area contributed by atoms with Crippen molar-refractivity contribution in [1.82, 2.24) is 10.2 Å². The number of carboxylic acid groups (broad SMARTS) is 1. The highest BCUT2D eigenvalue weighted by molar-refractivity contribution is 9.10. The number of aliphatic hydroxyl groups is 1. The molecule has 0 bridgehead atoms. The molecule has 11 heavy (non-hydrogen) atoms. The fraction of sp³-hybridized carbons (Fsp3) is 0.200. The summed E-state index contributed by atoms with van der Waals surface area (Å²) in [5.41, 5.74) is 0.150. The Bertz CT molecular complexity index is 272. The number of carbonyl (C=O) groups is 1. The van der Waals surface area contributed by atoms with Crippen LogP contribution in [0.2, 0.25) is 0 Å². The highest BCUT2D eigenvalue weighted by Crippen LogP contribution is 2.19. The minimum absolute atomic E-state index is 0.150. The molecule has 0 aliphatic heterocycles. The summed E-state index contributed by atoms with van der Waals surface area (Å²) < 4.78 is 0.451. The fourth-order valence-electron chi connectivity index (χ4n) is 0.597. The van der Waals surface area contributed by atoms with Crippen LogP contribution in [0.1, 0.15) is 11.8 Å². The molecule has 0 saturated heterocycles. The number of carboxylic acids is 1. The number of nitrogens with zero attached hydrogens (tertiary/aromatic N) is 1. The monoisotopic (exact) mass is 220 g/mol. The smallest absolute Gasteiger partial charge is 0.338 e. The third-order valence-electron chi connectivity index (χ3n) is 1.13. The molecule has 0 fully saturated rings. The van der Waals surface area contributed by atoms with Gasteiger partial charge >= 0.3 is 5.97 Å². The molecule has 0 amide bonds. The molecule has 1 unspecified atom stereocenters. The molecule has 1 aromatic heterocycles. The predicted molar refractivity (Wildman–Crippen MR) is 38.9 cm³/mol. The number of rotatable bonds is 2. The van der Waals surface area contributed by atoms with Crippen molar-refractivity contribution in [2.75, 3.05) is 0 Å². The molecular weight excluding hydrogens is 216 g/mol. The minimum Gasteiger partial charge on any atom is -0.479 e. The van der Waals surface area contributed by atoms with Gasteiger partial charge in [-0.3, -0.25) is 5.10 Å². The van der Waals surface area contributed by atoms with E-state index in [1.807, 2.05) is 0 Å². The summed E-state index contributed by atoms with van der Waals surface area (Å²) in [5, 5.41) is 23.2. The summed E-state index contributed by atoms with van der Waals surface area (Å²) in [6.07, 6.45) is -0.173. The zero-order valence-corrected chi connectivity index (χ0v) is 6.87. The van der Waals surface area contributed by atoms with E-state index >= 15 is 0 Å². The van der Waals surface area contributed by atoms with Gasteiger partial charge in [0, 0.05) is 0 Å². The lowest BCUT2D eigenvalue weighted by Crippen LogP contribution is -2.11. The maximum absolute atomic E-state index is 10.2. The molecule has 1 aromatic rings. The Labute approximate surface area is 70.2 Å². The number of aromatic nitrogens is 2. The molecule has 0 aromatic carbocycles. The van der Waals surface area contributed by atoms with Crippen molar-refractivity contribution < 1.29 is 15.0 Å². The van der Waals surface area contributed by atoms with Gasteiger partial charge in [-0.15, -0.1) is 0 Å². The molecule has 1 heterocycles. The number of H-pyrrole nitrogens is 1. The molecule has 3 N–H and O–H groups in total. The van der Waals surface area contributed by atoms with Crippen LogP contribution in [-0.2, 0) is 4.79 Å². The third kappa shape index (κ3) is 1.58. The Balaban J connectivity index is 2.92. The van der Waals surface area contributed by atoms with Crippen molar-refractivity contribution in [2.24, 2.45) is 0 Å². The summed E-state index contributed by atoms with van der Waals surface area (Å²) in [6.45, 7) is 0. The van der Waals surface area contributed by atoms with Gasteiger partial charge < -0.3 is 10.2 Å². The molecule has 0 radical (unpaired) electrons. The van der Waals surface area contributed by atoms with E-state index in [0.717, 1.165) is 0 Å². The second kappa shape index (κ2) is 3.02. The van der Waals surface area contributed by atoms with Gasteiger partial charge in [0.05, 0.1) is 16.4 Å². The van der Waals surface area contributed by atoms with Crippen molar-refractivity contribution in [3.8, 4) is 0 Å². The highest BCUT2D eigenvalue weighted by Gasteiger charge is 2.19. The molecule has 0 aliphatic carbocycles. The number of halogens is 1. The molecule has 0 aliphatic rings. The van der Waals surface area contributed by atoms with Crippen LogP contribution < -0.4 is 0 Å². The Morgan fingerprint density at radius 1 is 1.82 bits per heavy atom. The van der Waals surface area contributed by atoms with E-state index in [0.29, 0.717) is 4.47 Å². The Kier molecular flexibility index (Phi) is 2.25. The number of aliphatic hydroxyl groups excluding tert-OH is 1. The number of hydrogen-bond acceptors (Lipinski definition) is 3. The fourth-order valence-corrected chi connectivity index (χ4v) is 1.00. The quantitative estimate of drug-likeness (QED) is 0.669. The van der Waals surface area contributed by atoms with Crippen LogP contribution in [0.25, 0.3) is 0 Å². The van der Waals surface area contributed by atoms with Crippen molar-refractivity contribution in [3.05, 3.63) is 16.4 Å². The standard InChI is InChI=1S/C5H5BrN2O3/c6-2-1-7-8-3(2)4(9)5(10)11/h1,4,9H,(H,7,8)(H,10,11). The summed E-state index contributed by atoms with van der Waals surface area (Å²) in [4.78, 5) is 10.2. The topological polar surface area (TPSA) is 86.2 Å². The van der Waals surface area contributed by atoms with Crippen molar-refractivity contribution in [1.29, 1.82) is 0 Å². The average Bonchev–Trinajstić information content (AvgIpc) is 2.33. The largest absolute Gasteiger partial charge is 0.479 e. The van der Waals surface area contributed by atoms with Gasteiger partial charge in [0.15, 0.2) is 6.10 Å². The molecule has 1 rings (SSSR count). The first kappa shape index (κ1) is 8.22. The number of nitrogens with one attached hydrogen (secondary N) is 1. The first-order chi connectivity index (χ1) is 5.13. The molecule has 6 heteroatoms. The lowest BCUT2D eigenvalue weighted by Gasteiger charge is -2.01. The van der Waals surface area contributed by atoms with Gasteiger partial charge in [0.25, 0.3) is 0 Å². The van der Waals surface area contributed by atoms with E-state index in [9.17, 15) is 4.79 Å². The SMILES string of the molecule is O=C(O)C(O)c1[nH]ncc1Br. The maximum atomic E-state index is 10.2. The van der Waals surface area contributed by atoms with Gasteiger partial charge in [0.1, 0.15) is 0 Å². The molecular formula is C5H5BrN2O3. The average molecular weight is 221 g/mol. The third-order valence-corrected chi connectivity index (χ3v) is 1.76. The minimum atomic E-state index is -1.55. The molecule has 1 atom stereocenters. The van der Waals surface area contributed by atoms with Crippen LogP contribution in [0, 0.1) is 0 Å². The van der Waals surface area contributed by atoms with Gasteiger partial charge in [-0.05, 0) is 15.9 Å². The van der Waals surface area contributed by atoms with Gasteiger partial charge in [-0.25, -0.2) is 4.79 Å². The van der Waals surface area contributed by atoms with Crippen molar-refractivity contribution in [2.45, 2.75) is 6.10 Å². The molecule has 5 nitrogen and oxygen atoms in total. The lowest BCUT2D eigenvalue weighted by atomic mass is 10.3. The van der Waals surface area contributed by atoms with Crippen LogP contribution in [-0.4, -0.2) is 26.4 Å². The van der Waals surface area contributed by atoms with Crippen LogP contribution in [0.5, 0.6) is 0 Å². The van der Waals surface area contributed by atoms with E-state index < -0.39 is 12.1 Å². The lowest BCUT2D eigenvalue weighted by molar-refractivity contribution is -0.147. The summed E-state index contributed by atoms with van der Waals surface area (Å²) in [6, 6.07) is 0. The number of aromatic amines is 1. The van der Waals surface area contributed by atoms with E-state index in [2.05, 4.69) is 26.1 Å². The Morgan fingerprint density at radius 3 is 2.82 bits per heavy atom. The zero-order chi connectivity index (χ0) is 8.43. The van der Waals surface area contributed by atoms with E-state index in [-0.39, 0.29) is 5.69 Å². The van der Waals surface area contributed by atoms with Crippen LogP contribution >= 0.6 is 15.9 Å². The van der Waals surface area contributed by atoms with E-state index in [1.54, 1.807) is 0 Å². The second-order valence-electron chi connectivity index (χ2n) is 1.87. The summed E-state index contributed by atoms with van der Waals surface area (Å²) in [5.74, 6) is -1.31. The summed E-state index contributed by atoms with van der Waals surface area (Å²) in [7, 11) is 0. The molecule has 0 saturated carbocycles.